The van der Waals surface area contributed by atoms with Gasteiger partial charge in [0, 0.05) is 30.1 Å². The summed E-state index contributed by atoms with van der Waals surface area (Å²) in [6, 6.07) is 9.66. The zero-order chi connectivity index (χ0) is 16.9. The number of carbonyl (C=O) groups excluding carboxylic acids is 2. The summed E-state index contributed by atoms with van der Waals surface area (Å²) < 4.78 is 5.50. The van der Waals surface area contributed by atoms with Crippen LogP contribution >= 0.6 is 0 Å². The molecule has 2 amide bonds. The Morgan fingerprint density at radius 2 is 2.00 bits per heavy atom. The Balaban J connectivity index is 1.56. The number of hydrogen-bond acceptors (Lipinski definition) is 4. The number of nitrogens with one attached hydrogen (secondary N) is 2. The first-order chi connectivity index (χ1) is 11.6. The minimum atomic E-state index is -0.560. The molecule has 1 aromatic heterocycles. The maximum Gasteiger partial charge on any atom is 0.251 e. The lowest BCUT2D eigenvalue weighted by molar-refractivity contribution is -0.117. The number of carbonyl (C=O) groups is 2. The Morgan fingerprint density at radius 1 is 1.21 bits per heavy atom. The molecule has 0 fully saturated rings. The van der Waals surface area contributed by atoms with Crippen LogP contribution < -0.4 is 16.4 Å². The molecule has 0 radical (unpaired) electrons. The van der Waals surface area contributed by atoms with E-state index >= 15 is 0 Å². The van der Waals surface area contributed by atoms with Crippen LogP contribution in [0.2, 0.25) is 0 Å². The van der Waals surface area contributed by atoms with Crippen LogP contribution in [-0.4, -0.2) is 18.4 Å². The molecule has 1 aliphatic rings. The first-order valence-corrected chi connectivity index (χ1v) is 8.08. The van der Waals surface area contributed by atoms with Gasteiger partial charge in [0.15, 0.2) is 0 Å². The van der Waals surface area contributed by atoms with Gasteiger partial charge in [-0.2, -0.15) is 0 Å². The molecule has 1 aliphatic carbocycles. The molecule has 1 atom stereocenters. The molecule has 1 aromatic carbocycles. The Labute approximate surface area is 140 Å². The van der Waals surface area contributed by atoms with Crippen molar-refractivity contribution in [2.75, 3.05) is 6.54 Å². The molecular weight excluding hydrogens is 306 g/mol. The second kappa shape index (κ2) is 7.31. The van der Waals surface area contributed by atoms with Crippen LogP contribution in [0, 0.1) is 0 Å². The number of amides is 2. The van der Waals surface area contributed by atoms with Gasteiger partial charge in [-0.25, -0.2) is 0 Å². The van der Waals surface area contributed by atoms with Gasteiger partial charge in [0.25, 0.3) is 5.91 Å². The van der Waals surface area contributed by atoms with Gasteiger partial charge in [-0.15, -0.1) is 0 Å². The van der Waals surface area contributed by atoms with Crippen molar-refractivity contribution in [1.82, 2.24) is 10.6 Å². The molecule has 0 saturated heterocycles. The van der Waals surface area contributed by atoms with E-state index in [1.165, 1.54) is 5.56 Å². The van der Waals surface area contributed by atoms with Crippen LogP contribution in [0.25, 0.3) is 0 Å². The third-order valence-corrected chi connectivity index (χ3v) is 4.24. The predicted molar refractivity (Wildman–Crippen MR) is 89.2 cm³/mol. The van der Waals surface area contributed by atoms with E-state index in [-0.39, 0.29) is 12.5 Å². The monoisotopic (exact) mass is 327 g/mol. The topological polar surface area (TPSA) is 97.4 Å². The molecule has 6 heteroatoms. The van der Waals surface area contributed by atoms with Crippen molar-refractivity contribution in [2.45, 2.75) is 31.8 Å². The normalized spacial score (nSPS) is 16.4. The van der Waals surface area contributed by atoms with Crippen molar-refractivity contribution < 1.29 is 14.0 Å². The number of aryl methyl sites for hydroxylation is 1. The molecule has 1 unspecified atom stereocenters. The van der Waals surface area contributed by atoms with Gasteiger partial charge in [-0.3, -0.25) is 9.59 Å². The summed E-state index contributed by atoms with van der Waals surface area (Å²) in [6.45, 7) is 0.565. The minimum Gasteiger partial charge on any atom is -0.469 e. The van der Waals surface area contributed by atoms with E-state index in [0.717, 1.165) is 37.1 Å². The molecule has 0 bridgehead atoms. The molecule has 6 nitrogen and oxygen atoms in total. The fourth-order valence-electron chi connectivity index (χ4n) is 2.98. The molecule has 3 rings (SSSR count). The highest BCUT2D eigenvalue weighted by Gasteiger charge is 2.21. The first-order valence-electron chi connectivity index (χ1n) is 8.08. The van der Waals surface area contributed by atoms with Gasteiger partial charge in [-0.05, 0) is 36.6 Å². The number of benzene rings is 1. The molecular formula is C18H21N3O3. The number of fused-ring (bicyclic) bond motifs is 1. The van der Waals surface area contributed by atoms with Gasteiger partial charge < -0.3 is 20.8 Å². The number of primary amides is 1. The number of furan rings is 1. The summed E-state index contributed by atoms with van der Waals surface area (Å²) >= 11 is 0. The molecule has 1 heterocycles. The average molecular weight is 327 g/mol. The van der Waals surface area contributed by atoms with E-state index < -0.39 is 5.91 Å². The number of hydrogen-bond donors (Lipinski definition) is 3. The summed E-state index contributed by atoms with van der Waals surface area (Å²) in [5, 5.41) is 6.02. The lowest BCUT2D eigenvalue weighted by Crippen LogP contribution is -2.33. The Kier molecular flexibility index (Phi) is 4.96. The Morgan fingerprint density at radius 3 is 2.75 bits per heavy atom. The fourth-order valence-corrected chi connectivity index (χ4v) is 2.98. The van der Waals surface area contributed by atoms with Crippen molar-refractivity contribution >= 4 is 11.8 Å². The Hall–Kier alpha value is -2.60. The van der Waals surface area contributed by atoms with Crippen LogP contribution in [0.4, 0.5) is 0 Å². The van der Waals surface area contributed by atoms with Crippen LogP contribution in [0.5, 0.6) is 0 Å². The molecule has 0 spiro atoms. The van der Waals surface area contributed by atoms with Crippen molar-refractivity contribution in [2.24, 2.45) is 5.73 Å². The second-order valence-electron chi connectivity index (χ2n) is 5.97. The summed E-state index contributed by atoms with van der Waals surface area (Å²) in [5.74, 6) is 0.221. The summed E-state index contributed by atoms with van der Waals surface area (Å²) in [5.41, 5.74) is 7.87. The standard InChI is InChI=1S/C18H21N3O3/c19-17(22)11-21-18(23)13-6-4-12(5-7-13)10-20-15-2-1-3-16-14(15)8-9-24-16/h4-9,15,20H,1-3,10-11H2,(H2,19,22)(H,21,23). The predicted octanol–water partition coefficient (Wildman–Crippen LogP) is 1.66. The quantitative estimate of drug-likeness (QED) is 0.751. The smallest absolute Gasteiger partial charge is 0.251 e. The minimum absolute atomic E-state index is 0.156. The Bertz CT molecular complexity index is 721. The van der Waals surface area contributed by atoms with E-state index in [0.29, 0.717) is 11.6 Å². The van der Waals surface area contributed by atoms with Gasteiger partial charge in [0.2, 0.25) is 5.91 Å². The molecule has 0 aliphatic heterocycles. The maximum atomic E-state index is 11.8. The molecule has 126 valence electrons. The van der Waals surface area contributed by atoms with E-state index in [1.54, 1.807) is 18.4 Å². The largest absolute Gasteiger partial charge is 0.469 e. The first kappa shape index (κ1) is 16.3. The van der Waals surface area contributed by atoms with Crippen molar-refractivity contribution in [3.8, 4) is 0 Å². The molecule has 0 saturated carbocycles. The van der Waals surface area contributed by atoms with Crippen LogP contribution in [0.1, 0.15) is 46.1 Å². The van der Waals surface area contributed by atoms with E-state index in [4.69, 9.17) is 10.2 Å². The van der Waals surface area contributed by atoms with Crippen molar-refractivity contribution in [3.63, 3.8) is 0 Å². The lowest BCUT2D eigenvalue weighted by Gasteiger charge is -2.22. The number of rotatable bonds is 6. The lowest BCUT2D eigenvalue weighted by atomic mass is 9.93. The van der Waals surface area contributed by atoms with Gasteiger partial charge in [0.1, 0.15) is 5.76 Å². The van der Waals surface area contributed by atoms with E-state index in [2.05, 4.69) is 10.6 Å². The van der Waals surface area contributed by atoms with Crippen LogP contribution in [0.15, 0.2) is 41.0 Å². The van der Waals surface area contributed by atoms with Crippen LogP contribution in [0.3, 0.4) is 0 Å². The summed E-state index contributed by atoms with van der Waals surface area (Å²) in [7, 11) is 0. The second-order valence-corrected chi connectivity index (χ2v) is 5.97. The highest BCUT2D eigenvalue weighted by Crippen LogP contribution is 2.30. The fraction of sp³-hybridized carbons (Fsp3) is 0.333. The molecule has 2 aromatic rings. The summed E-state index contributed by atoms with van der Waals surface area (Å²) in [4.78, 5) is 22.5. The number of nitrogens with two attached hydrogens (primary N) is 1. The van der Waals surface area contributed by atoms with Crippen molar-refractivity contribution in [1.29, 1.82) is 0 Å². The highest BCUT2D eigenvalue weighted by atomic mass is 16.3. The van der Waals surface area contributed by atoms with Gasteiger partial charge >= 0.3 is 0 Å². The van der Waals surface area contributed by atoms with E-state index in [1.807, 2.05) is 18.2 Å². The average Bonchev–Trinajstić information content (AvgIpc) is 3.07. The van der Waals surface area contributed by atoms with Gasteiger partial charge in [0.05, 0.1) is 12.8 Å². The zero-order valence-electron chi connectivity index (χ0n) is 13.4. The van der Waals surface area contributed by atoms with Gasteiger partial charge in [-0.1, -0.05) is 12.1 Å². The van der Waals surface area contributed by atoms with Crippen LogP contribution in [-0.2, 0) is 17.8 Å². The maximum absolute atomic E-state index is 11.8. The zero-order valence-corrected chi connectivity index (χ0v) is 13.4. The van der Waals surface area contributed by atoms with Crippen molar-refractivity contribution in [3.05, 3.63) is 59.0 Å². The third-order valence-electron chi connectivity index (χ3n) is 4.24. The molecule has 24 heavy (non-hydrogen) atoms. The highest BCUT2D eigenvalue weighted by molar-refractivity contribution is 5.96. The van der Waals surface area contributed by atoms with E-state index in [9.17, 15) is 9.59 Å². The third kappa shape index (κ3) is 3.83. The molecule has 4 N–H and O–H groups in total. The summed E-state index contributed by atoms with van der Waals surface area (Å²) in [6.07, 6.45) is 4.98. The SMILES string of the molecule is NC(=O)CNC(=O)c1ccc(CNC2CCCc3occc32)cc1.